The Hall–Kier alpha value is -3.78. The number of carbonyl (C=O) groups is 2. The number of hydrogen-bond acceptors (Lipinski definition) is 5. The van der Waals surface area contributed by atoms with Crippen LogP contribution in [0.15, 0.2) is 71.9 Å². The van der Waals surface area contributed by atoms with Gasteiger partial charge in [0.05, 0.1) is 22.4 Å². The highest BCUT2D eigenvalue weighted by Crippen LogP contribution is 2.29. The number of benzene rings is 3. The number of amides is 2. The molecule has 3 aromatic carbocycles. The first-order chi connectivity index (χ1) is 15.4. The first-order valence-electron chi connectivity index (χ1n) is 10.0. The van der Waals surface area contributed by atoms with Crippen molar-refractivity contribution in [1.82, 2.24) is 9.55 Å². The van der Waals surface area contributed by atoms with Crippen LogP contribution in [0.25, 0.3) is 11.0 Å². The number of nitrogens with zero attached hydrogens (tertiary/aromatic N) is 2. The number of aryl methyl sites for hydroxylation is 1. The maximum absolute atomic E-state index is 12.7. The Kier molecular flexibility index (Phi) is 6.13. The first-order valence-corrected chi connectivity index (χ1v) is 11.0. The van der Waals surface area contributed by atoms with Gasteiger partial charge < -0.3 is 20.9 Å². The number of para-hydroxylation sites is 4. The van der Waals surface area contributed by atoms with Gasteiger partial charge in [0.1, 0.15) is 0 Å². The number of imidazole rings is 1. The van der Waals surface area contributed by atoms with E-state index in [4.69, 9.17) is 5.73 Å². The molecule has 7 nitrogen and oxygen atoms in total. The summed E-state index contributed by atoms with van der Waals surface area (Å²) in [4.78, 5) is 29.2. The minimum absolute atomic E-state index is 0.205. The molecule has 0 aliphatic carbocycles. The van der Waals surface area contributed by atoms with Crippen LogP contribution in [0.4, 0.5) is 17.1 Å². The van der Waals surface area contributed by atoms with Crippen molar-refractivity contribution in [2.45, 2.75) is 17.8 Å². The molecule has 0 saturated carbocycles. The van der Waals surface area contributed by atoms with E-state index in [1.54, 1.807) is 48.2 Å². The van der Waals surface area contributed by atoms with Crippen molar-refractivity contribution in [3.63, 3.8) is 0 Å². The summed E-state index contributed by atoms with van der Waals surface area (Å²) < 4.78 is 2.05. The van der Waals surface area contributed by atoms with Gasteiger partial charge in [-0.25, -0.2) is 4.98 Å². The van der Waals surface area contributed by atoms with Gasteiger partial charge in [0.15, 0.2) is 5.16 Å². The Labute approximate surface area is 190 Å². The molecule has 0 spiro atoms. The zero-order valence-electron chi connectivity index (χ0n) is 17.8. The average molecular weight is 446 g/mol. The second-order valence-electron chi connectivity index (χ2n) is 7.33. The molecule has 8 heteroatoms. The van der Waals surface area contributed by atoms with Crippen LogP contribution in [0.3, 0.4) is 0 Å². The van der Waals surface area contributed by atoms with Gasteiger partial charge in [-0.2, -0.15) is 0 Å². The first kappa shape index (κ1) is 21.5. The Morgan fingerprint density at radius 1 is 1.00 bits per heavy atom. The third-order valence-electron chi connectivity index (χ3n) is 4.99. The number of nitrogen functional groups attached to an aromatic ring is 1. The number of nitrogens with one attached hydrogen (secondary N) is 2. The monoisotopic (exact) mass is 445 g/mol. The predicted octanol–water partition coefficient (Wildman–Crippen LogP) is 4.66. The second-order valence-corrected chi connectivity index (χ2v) is 8.27. The summed E-state index contributed by atoms with van der Waals surface area (Å²) in [7, 11) is 1.98. The Morgan fingerprint density at radius 3 is 2.50 bits per heavy atom. The molecule has 0 aliphatic heterocycles. The Morgan fingerprint density at radius 2 is 1.75 bits per heavy atom. The summed E-state index contributed by atoms with van der Waals surface area (Å²) in [6.45, 7) is 1.44. The average Bonchev–Trinajstić information content (AvgIpc) is 3.10. The molecule has 4 rings (SSSR count). The zero-order chi connectivity index (χ0) is 22.7. The molecule has 0 aliphatic rings. The highest BCUT2D eigenvalue weighted by molar-refractivity contribution is 7.98. The van der Waals surface area contributed by atoms with Crippen LogP contribution in [-0.4, -0.2) is 21.4 Å². The lowest BCUT2D eigenvalue weighted by atomic mass is 10.1. The molecule has 0 saturated heterocycles. The SMILES string of the molecule is CC(=O)Nc1cc(C(=O)Nc2ccccc2N)ccc1CSc1nc2ccccc2n1C. The summed E-state index contributed by atoms with van der Waals surface area (Å²) in [5.41, 5.74) is 10.9. The fourth-order valence-electron chi connectivity index (χ4n) is 3.35. The van der Waals surface area contributed by atoms with Gasteiger partial charge in [0.2, 0.25) is 5.91 Å². The molecule has 0 radical (unpaired) electrons. The third kappa shape index (κ3) is 4.60. The number of nitrogens with two attached hydrogens (primary N) is 1. The van der Waals surface area contributed by atoms with E-state index in [9.17, 15) is 9.59 Å². The number of carbonyl (C=O) groups excluding carboxylic acids is 2. The fourth-order valence-corrected chi connectivity index (χ4v) is 4.34. The summed E-state index contributed by atoms with van der Waals surface area (Å²) in [5, 5.41) is 6.52. The summed E-state index contributed by atoms with van der Waals surface area (Å²) in [5.74, 6) is 0.0771. The van der Waals surface area contributed by atoms with Gasteiger partial charge in [-0.15, -0.1) is 0 Å². The van der Waals surface area contributed by atoms with Crippen molar-refractivity contribution in [1.29, 1.82) is 0 Å². The Balaban J connectivity index is 1.56. The maximum atomic E-state index is 12.7. The Bertz CT molecular complexity index is 1310. The summed E-state index contributed by atoms with van der Waals surface area (Å²) in [6.07, 6.45) is 0. The van der Waals surface area contributed by atoms with E-state index in [1.807, 2.05) is 41.9 Å². The van der Waals surface area contributed by atoms with Gasteiger partial charge in [0, 0.05) is 31.0 Å². The number of thioether (sulfide) groups is 1. The molecule has 0 bridgehead atoms. The zero-order valence-corrected chi connectivity index (χ0v) is 18.6. The summed E-state index contributed by atoms with van der Waals surface area (Å²) >= 11 is 1.57. The van der Waals surface area contributed by atoms with E-state index in [0.29, 0.717) is 28.4 Å². The van der Waals surface area contributed by atoms with Crippen molar-refractivity contribution in [3.05, 3.63) is 77.9 Å². The number of hydrogen-bond donors (Lipinski definition) is 3. The van der Waals surface area contributed by atoms with E-state index in [1.165, 1.54) is 6.92 Å². The van der Waals surface area contributed by atoms with Crippen molar-refractivity contribution < 1.29 is 9.59 Å². The lowest BCUT2D eigenvalue weighted by molar-refractivity contribution is -0.114. The van der Waals surface area contributed by atoms with E-state index in [0.717, 1.165) is 21.8 Å². The number of fused-ring (bicyclic) bond motifs is 1. The van der Waals surface area contributed by atoms with Crippen molar-refractivity contribution in [2.75, 3.05) is 16.4 Å². The lowest BCUT2D eigenvalue weighted by Crippen LogP contribution is -2.15. The van der Waals surface area contributed by atoms with Crippen molar-refractivity contribution in [3.8, 4) is 0 Å². The third-order valence-corrected chi connectivity index (χ3v) is 6.07. The predicted molar refractivity (Wildman–Crippen MR) is 130 cm³/mol. The molecule has 32 heavy (non-hydrogen) atoms. The van der Waals surface area contributed by atoms with Crippen molar-refractivity contribution >= 4 is 51.7 Å². The van der Waals surface area contributed by atoms with E-state index in [-0.39, 0.29) is 11.8 Å². The van der Waals surface area contributed by atoms with Gasteiger partial charge in [-0.05, 0) is 42.0 Å². The van der Waals surface area contributed by atoms with Crippen LogP contribution >= 0.6 is 11.8 Å². The topological polar surface area (TPSA) is 102 Å². The number of anilines is 3. The molecule has 162 valence electrons. The smallest absolute Gasteiger partial charge is 0.255 e. The van der Waals surface area contributed by atoms with Crippen LogP contribution in [0.5, 0.6) is 0 Å². The van der Waals surface area contributed by atoms with E-state index in [2.05, 4.69) is 15.6 Å². The molecule has 0 unspecified atom stereocenters. The van der Waals surface area contributed by atoms with Gasteiger partial charge in [-0.1, -0.05) is 42.1 Å². The number of rotatable bonds is 6. The highest BCUT2D eigenvalue weighted by atomic mass is 32.2. The minimum atomic E-state index is -0.302. The largest absolute Gasteiger partial charge is 0.397 e. The highest BCUT2D eigenvalue weighted by Gasteiger charge is 2.14. The molecule has 0 atom stereocenters. The van der Waals surface area contributed by atoms with Crippen LogP contribution in [0, 0.1) is 0 Å². The molecular weight excluding hydrogens is 422 g/mol. The standard InChI is InChI=1S/C24H23N5O2S/c1-15(30)26-21-13-16(23(31)27-19-8-4-3-7-18(19)25)11-12-17(21)14-32-24-28-20-9-5-6-10-22(20)29(24)2/h3-13H,14,25H2,1-2H3,(H,26,30)(H,27,31). The fraction of sp³-hybridized carbons (Fsp3) is 0.125. The molecular formula is C24H23N5O2S. The minimum Gasteiger partial charge on any atom is -0.397 e. The lowest BCUT2D eigenvalue weighted by Gasteiger charge is -2.13. The molecule has 4 aromatic rings. The van der Waals surface area contributed by atoms with Crippen LogP contribution in [-0.2, 0) is 17.6 Å². The van der Waals surface area contributed by atoms with Crippen LogP contribution in [0.1, 0.15) is 22.8 Å². The molecule has 0 fully saturated rings. The molecule has 2 amide bonds. The quantitative estimate of drug-likeness (QED) is 0.296. The number of aromatic nitrogens is 2. The normalized spacial score (nSPS) is 10.8. The maximum Gasteiger partial charge on any atom is 0.255 e. The van der Waals surface area contributed by atoms with Crippen LogP contribution in [0.2, 0.25) is 0 Å². The van der Waals surface area contributed by atoms with Crippen LogP contribution < -0.4 is 16.4 Å². The molecule has 1 heterocycles. The van der Waals surface area contributed by atoms with Gasteiger partial charge in [0.25, 0.3) is 5.91 Å². The van der Waals surface area contributed by atoms with E-state index < -0.39 is 0 Å². The van der Waals surface area contributed by atoms with E-state index >= 15 is 0 Å². The second kappa shape index (κ2) is 9.15. The molecule has 4 N–H and O–H groups in total. The summed E-state index contributed by atoms with van der Waals surface area (Å²) in [6, 6.07) is 20.3. The van der Waals surface area contributed by atoms with Crippen molar-refractivity contribution in [2.24, 2.45) is 7.05 Å². The van der Waals surface area contributed by atoms with Gasteiger partial charge >= 0.3 is 0 Å². The molecule has 1 aromatic heterocycles. The van der Waals surface area contributed by atoms with Gasteiger partial charge in [-0.3, -0.25) is 9.59 Å².